The molecule has 0 saturated carbocycles. The van der Waals surface area contributed by atoms with Crippen LogP contribution >= 0.6 is 0 Å². The largest absolute Gasteiger partial charge is 0.497 e. The molecule has 4 rings (SSSR count). The van der Waals surface area contributed by atoms with Crippen LogP contribution < -0.4 is 19.7 Å². The Bertz CT molecular complexity index is 870. The molecule has 0 aliphatic carbocycles. The molecule has 2 aliphatic rings. The van der Waals surface area contributed by atoms with Crippen molar-refractivity contribution in [2.75, 3.05) is 52.0 Å². The van der Waals surface area contributed by atoms with Crippen molar-refractivity contribution < 1.29 is 14.3 Å². The van der Waals surface area contributed by atoms with Crippen molar-refractivity contribution in [2.45, 2.75) is 0 Å². The molecule has 1 fully saturated rings. The maximum Gasteiger partial charge on any atom is 0.326 e. The van der Waals surface area contributed by atoms with Gasteiger partial charge in [0.1, 0.15) is 11.5 Å². The Labute approximate surface area is 171 Å². The van der Waals surface area contributed by atoms with E-state index in [0.29, 0.717) is 19.8 Å². The molecule has 1 saturated heterocycles. The Morgan fingerprint density at radius 3 is 2.21 bits per heavy atom. The number of rotatable bonds is 4. The summed E-state index contributed by atoms with van der Waals surface area (Å²) in [5, 5.41) is 3.18. The molecule has 0 spiro atoms. The third-order valence-corrected chi connectivity index (χ3v) is 5.33. The van der Waals surface area contributed by atoms with Crippen molar-refractivity contribution >= 4 is 17.4 Å². The molecule has 7 nitrogen and oxygen atoms in total. The summed E-state index contributed by atoms with van der Waals surface area (Å²) in [5.74, 6) is 1.53. The summed E-state index contributed by atoms with van der Waals surface area (Å²) in [6.07, 6.45) is 1.91. The number of urea groups is 1. The summed E-state index contributed by atoms with van der Waals surface area (Å²) >= 11 is 0. The van der Waals surface area contributed by atoms with Crippen LogP contribution in [0.2, 0.25) is 0 Å². The predicted octanol–water partition coefficient (Wildman–Crippen LogP) is 2.81. The lowest BCUT2D eigenvalue weighted by molar-refractivity contribution is 0.170. The highest BCUT2D eigenvalue weighted by atomic mass is 16.5. The van der Waals surface area contributed by atoms with E-state index >= 15 is 0 Å². The number of piperazine rings is 1. The first-order chi connectivity index (χ1) is 14.2. The Morgan fingerprint density at radius 2 is 1.59 bits per heavy atom. The summed E-state index contributed by atoms with van der Waals surface area (Å²) in [6.45, 7) is 3.34. The van der Waals surface area contributed by atoms with E-state index in [1.54, 1.807) is 19.1 Å². The zero-order chi connectivity index (χ0) is 20.2. The second-order valence-electron chi connectivity index (χ2n) is 7.01. The molecule has 2 aromatic carbocycles. The number of carbonyl (C=O) groups excluding carboxylic acids is 1. The fraction of sp³-hybridized carbons (Fsp3) is 0.318. The summed E-state index contributed by atoms with van der Waals surface area (Å²) in [4.78, 5) is 19.1. The Morgan fingerprint density at radius 1 is 0.931 bits per heavy atom. The summed E-state index contributed by atoms with van der Waals surface area (Å²) in [6, 6.07) is 15.9. The van der Waals surface area contributed by atoms with E-state index in [0.717, 1.165) is 41.5 Å². The highest BCUT2D eigenvalue weighted by Gasteiger charge is 2.30. The number of amides is 2. The van der Waals surface area contributed by atoms with Crippen LogP contribution in [0.4, 0.5) is 10.5 Å². The first kappa shape index (κ1) is 19.0. The van der Waals surface area contributed by atoms with Gasteiger partial charge >= 0.3 is 6.03 Å². The maximum absolute atomic E-state index is 13.1. The van der Waals surface area contributed by atoms with Crippen molar-refractivity contribution in [3.8, 4) is 11.5 Å². The fourth-order valence-electron chi connectivity index (χ4n) is 3.72. The van der Waals surface area contributed by atoms with E-state index in [4.69, 9.17) is 9.47 Å². The van der Waals surface area contributed by atoms with E-state index in [1.165, 1.54) is 0 Å². The van der Waals surface area contributed by atoms with Gasteiger partial charge in [0.25, 0.3) is 0 Å². The van der Waals surface area contributed by atoms with Gasteiger partial charge in [-0.1, -0.05) is 30.3 Å². The van der Waals surface area contributed by atoms with Gasteiger partial charge in [0.05, 0.1) is 26.6 Å². The molecule has 7 heteroatoms. The van der Waals surface area contributed by atoms with Gasteiger partial charge in [0.2, 0.25) is 0 Å². The van der Waals surface area contributed by atoms with Gasteiger partial charge in [0.15, 0.2) is 0 Å². The highest BCUT2D eigenvalue weighted by Crippen LogP contribution is 2.29. The molecule has 0 unspecified atom stereocenters. The first-order valence-electron chi connectivity index (χ1n) is 9.73. The van der Waals surface area contributed by atoms with Crippen molar-refractivity contribution in [3.05, 3.63) is 60.3 Å². The third kappa shape index (κ3) is 3.94. The van der Waals surface area contributed by atoms with Gasteiger partial charge in [-0.25, -0.2) is 4.79 Å². The van der Waals surface area contributed by atoms with Gasteiger partial charge in [-0.05, 0) is 5.56 Å². The second-order valence-corrected chi connectivity index (χ2v) is 7.01. The lowest BCUT2D eigenvalue weighted by Gasteiger charge is -2.38. The minimum absolute atomic E-state index is 0.0352. The number of nitrogens with zero attached hydrogens (tertiary/aromatic N) is 3. The zero-order valence-corrected chi connectivity index (χ0v) is 16.8. The lowest BCUT2D eigenvalue weighted by Crippen LogP contribution is -2.52. The smallest absolute Gasteiger partial charge is 0.326 e. The van der Waals surface area contributed by atoms with Crippen molar-refractivity contribution in [2.24, 2.45) is 0 Å². The fourth-order valence-corrected chi connectivity index (χ4v) is 3.72. The molecular formula is C22H26N4O3. The van der Waals surface area contributed by atoms with Gasteiger partial charge in [-0.3, -0.25) is 4.90 Å². The zero-order valence-electron chi connectivity index (χ0n) is 16.8. The lowest BCUT2D eigenvalue weighted by atomic mass is 10.1. The molecule has 0 aromatic heterocycles. The Hall–Kier alpha value is -3.35. The standard InChI is InChI=1S/C22H26N4O3/c1-28-19-12-18(13-20(14-19)29-2)24-8-10-25(11-9-24)22(27)26-16-23-15-21(26)17-6-4-3-5-7-17/h3-7,12-15,23H,8-11,16H2,1-2H3. The predicted molar refractivity (Wildman–Crippen MR) is 113 cm³/mol. The van der Waals surface area contributed by atoms with E-state index < -0.39 is 0 Å². The molecule has 0 bridgehead atoms. The average Bonchev–Trinajstić information content (AvgIpc) is 3.29. The third-order valence-electron chi connectivity index (χ3n) is 5.33. The highest BCUT2D eigenvalue weighted by molar-refractivity contribution is 5.87. The number of benzene rings is 2. The molecular weight excluding hydrogens is 368 g/mol. The Kier molecular flexibility index (Phi) is 5.46. The molecule has 152 valence electrons. The van der Waals surface area contributed by atoms with Crippen LogP contribution in [0, 0.1) is 0 Å². The van der Waals surface area contributed by atoms with E-state index in [-0.39, 0.29) is 6.03 Å². The van der Waals surface area contributed by atoms with Crippen LogP contribution in [0.5, 0.6) is 11.5 Å². The van der Waals surface area contributed by atoms with E-state index in [2.05, 4.69) is 10.2 Å². The first-order valence-corrected chi connectivity index (χ1v) is 9.73. The number of ether oxygens (including phenoxy) is 2. The van der Waals surface area contributed by atoms with Gasteiger partial charge in [-0.2, -0.15) is 0 Å². The SMILES string of the molecule is COc1cc(OC)cc(N2CCN(C(=O)N3CNC=C3c3ccccc3)CC2)c1. The van der Waals surface area contributed by atoms with Crippen LogP contribution in [0.1, 0.15) is 5.56 Å². The molecule has 2 amide bonds. The van der Waals surface area contributed by atoms with Gasteiger partial charge in [0, 0.05) is 56.3 Å². The summed E-state index contributed by atoms with van der Waals surface area (Å²) < 4.78 is 10.8. The van der Waals surface area contributed by atoms with Crippen LogP contribution in [0.25, 0.3) is 5.70 Å². The molecule has 2 aliphatic heterocycles. The minimum atomic E-state index is 0.0352. The van der Waals surface area contributed by atoms with Crippen LogP contribution in [-0.2, 0) is 0 Å². The molecule has 2 aromatic rings. The molecule has 29 heavy (non-hydrogen) atoms. The topological polar surface area (TPSA) is 57.3 Å². The van der Waals surface area contributed by atoms with Crippen LogP contribution in [0.15, 0.2) is 54.7 Å². The molecule has 0 atom stereocenters. The minimum Gasteiger partial charge on any atom is -0.497 e. The summed E-state index contributed by atoms with van der Waals surface area (Å²) in [5.41, 5.74) is 2.99. The number of hydrogen-bond acceptors (Lipinski definition) is 5. The quantitative estimate of drug-likeness (QED) is 0.864. The summed E-state index contributed by atoms with van der Waals surface area (Å²) in [7, 11) is 3.30. The average molecular weight is 394 g/mol. The Balaban J connectivity index is 1.42. The van der Waals surface area contributed by atoms with Crippen molar-refractivity contribution in [1.82, 2.24) is 15.1 Å². The molecule has 1 N–H and O–H groups in total. The van der Waals surface area contributed by atoms with Crippen LogP contribution in [-0.4, -0.2) is 62.9 Å². The van der Waals surface area contributed by atoms with Gasteiger partial charge in [-0.15, -0.1) is 0 Å². The number of nitrogens with one attached hydrogen (secondary N) is 1. The maximum atomic E-state index is 13.1. The normalized spacial score (nSPS) is 16.3. The second kappa shape index (κ2) is 8.34. The molecule has 2 heterocycles. The number of carbonyl (C=O) groups is 1. The number of anilines is 1. The van der Waals surface area contributed by atoms with E-state index in [1.807, 2.05) is 59.6 Å². The van der Waals surface area contributed by atoms with Gasteiger partial charge < -0.3 is 24.6 Å². The number of methoxy groups -OCH3 is 2. The van der Waals surface area contributed by atoms with E-state index in [9.17, 15) is 4.79 Å². The number of hydrogen-bond donors (Lipinski definition) is 1. The van der Waals surface area contributed by atoms with Crippen molar-refractivity contribution in [1.29, 1.82) is 0 Å². The van der Waals surface area contributed by atoms with Crippen molar-refractivity contribution in [3.63, 3.8) is 0 Å². The van der Waals surface area contributed by atoms with Crippen LogP contribution in [0.3, 0.4) is 0 Å². The monoisotopic (exact) mass is 394 g/mol. The molecule has 0 radical (unpaired) electrons.